The summed E-state index contributed by atoms with van der Waals surface area (Å²) >= 11 is 5.64. The van der Waals surface area contributed by atoms with Crippen LogP contribution < -0.4 is 20.8 Å². The molecule has 2 amide bonds. The van der Waals surface area contributed by atoms with Crippen LogP contribution in [0.25, 0.3) is 0 Å². The minimum atomic E-state index is -0.588. The van der Waals surface area contributed by atoms with E-state index in [0.29, 0.717) is 18.9 Å². The van der Waals surface area contributed by atoms with Crippen molar-refractivity contribution in [2.24, 2.45) is 11.8 Å². The smallest absolute Gasteiger partial charge is 0.258 e. The number of rotatable bonds is 8. The molecule has 5 rings (SSSR count). The van der Waals surface area contributed by atoms with Crippen LogP contribution in [0, 0.1) is 17.7 Å². The normalized spacial score (nSPS) is 28.1. The Morgan fingerprint density at radius 2 is 2.17 bits per heavy atom. The lowest BCUT2D eigenvalue weighted by Crippen LogP contribution is -2.53. The molecular formula is C20H26ClFN4O3. The van der Waals surface area contributed by atoms with E-state index in [0.717, 1.165) is 45.0 Å². The zero-order valence-electron chi connectivity index (χ0n) is 16.2. The van der Waals surface area contributed by atoms with E-state index in [1.165, 1.54) is 12.1 Å². The van der Waals surface area contributed by atoms with Crippen molar-refractivity contribution in [1.82, 2.24) is 21.1 Å². The highest BCUT2D eigenvalue weighted by Gasteiger charge is 2.58. The van der Waals surface area contributed by atoms with Gasteiger partial charge in [-0.2, -0.15) is 0 Å². The molecule has 3 N–H and O–H groups in total. The largest absolute Gasteiger partial charge is 0.484 e. The molecule has 3 aliphatic carbocycles. The van der Waals surface area contributed by atoms with Crippen LogP contribution in [-0.2, 0) is 9.59 Å². The summed E-state index contributed by atoms with van der Waals surface area (Å²) in [5.74, 6) is -0.243. The molecule has 1 aromatic carbocycles. The number of nitrogens with zero attached hydrogens (tertiary/aromatic N) is 1. The summed E-state index contributed by atoms with van der Waals surface area (Å²) in [6, 6.07) is 4.06. The highest BCUT2D eigenvalue weighted by atomic mass is 35.5. The van der Waals surface area contributed by atoms with E-state index in [1.54, 1.807) is 0 Å². The summed E-state index contributed by atoms with van der Waals surface area (Å²) in [5, 5.41) is 8.19. The van der Waals surface area contributed by atoms with Gasteiger partial charge in [-0.1, -0.05) is 11.6 Å². The maximum Gasteiger partial charge on any atom is 0.258 e. The molecule has 29 heavy (non-hydrogen) atoms. The van der Waals surface area contributed by atoms with E-state index in [-0.39, 0.29) is 40.7 Å². The van der Waals surface area contributed by atoms with Gasteiger partial charge in [0.2, 0.25) is 5.91 Å². The molecule has 0 aromatic heterocycles. The molecule has 0 radical (unpaired) electrons. The fourth-order valence-electron chi connectivity index (χ4n) is 4.71. The van der Waals surface area contributed by atoms with Crippen molar-refractivity contribution in [2.75, 3.05) is 32.8 Å². The van der Waals surface area contributed by atoms with Crippen molar-refractivity contribution in [1.29, 1.82) is 0 Å². The summed E-state index contributed by atoms with van der Waals surface area (Å²) in [7, 11) is 0. The van der Waals surface area contributed by atoms with Crippen LogP contribution in [0.4, 0.5) is 4.39 Å². The molecule has 1 heterocycles. The van der Waals surface area contributed by atoms with Gasteiger partial charge in [-0.05, 0) is 43.7 Å². The highest BCUT2D eigenvalue weighted by Crippen LogP contribution is 2.55. The van der Waals surface area contributed by atoms with Gasteiger partial charge in [0.25, 0.3) is 5.91 Å². The van der Waals surface area contributed by atoms with Crippen LogP contribution in [0.15, 0.2) is 18.2 Å². The third-order valence-electron chi connectivity index (χ3n) is 6.11. The fourth-order valence-corrected chi connectivity index (χ4v) is 4.83. The van der Waals surface area contributed by atoms with Gasteiger partial charge in [0.05, 0.1) is 5.02 Å². The Bertz CT molecular complexity index is 781. The minimum Gasteiger partial charge on any atom is -0.484 e. The summed E-state index contributed by atoms with van der Waals surface area (Å²) < 4.78 is 18.8. The first-order valence-corrected chi connectivity index (χ1v) is 10.5. The summed E-state index contributed by atoms with van der Waals surface area (Å²) in [5.41, 5.74) is 2.96. The molecule has 1 unspecified atom stereocenters. The number of fused-ring (bicyclic) bond motifs is 1. The molecule has 4 aliphatic rings. The molecular weight excluding hydrogens is 399 g/mol. The SMILES string of the molecule is O=C(COc1ccc(Cl)c(F)c1)NC12CC(C1)C(C(=O)NCCN1CCCN1)C2. The number of benzene rings is 1. The first kappa shape index (κ1) is 20.4. The Morgan fingerprint density at radius 3 is 2.90 bits per heavy atom. The van der Waals surface area contributed by atoms with E-state index in [1.807, 2.05) is 0 Å². The molecule has 3 saturated carbocycles. The number of carbonyl (C=O) groups is 2. The van der Waals surface area contributed by atoms with Gasteiger partial charge in [-0.15, -0.1) is 0 Å². The molecule has 9 heteroatoms. The summed E-state index contributed by atoms with van der Waals surface area (Å²) in [6.45, 7) is 3.24. The highest BCUT2D eigenvalue weighted by molar-refractivity contribution is 6.30. The Morgan fingerprint density at radius 1 is 1.34 bits per heavy atom. The molecule has 1 saturated heterocycles. The number of hydrazine groups is 1. The van der Waals surface area contributed by atoms with E-state index in [4.69, 9.17) is 16.3 Å². The fraction of sp³-hybridized carbons (Fsp3) is 0.600. The zero-order chi connectivity index (χ0) is 20.4. The maximum absolute atomic E-state index is 13.4. The third-order valence-corrected chi connectivity index (χ3v) is 6.42. The van der Waals surface area contributed by atoms with Crippen LogP contribution in [0.3, 0.4) is 0 Å². The van der Waals surface area contributed by atoms with Gasteiger partial charge < -0.3 is 15.4 Å². The first-order valence-electron chi connectivity index (χ1n) is 10.1. The first-order chi connectivity index (χ1) is 13.9. The molecule has 1 atom stereocenters. The van der Waals surface area contributed by atoms with Crippen molar-refractivity contribution >= 4 is 23.4 Å². The molecule has 0 spiro atoms. The van der Waals surface area contributed by atoms with E-state index in [9.17, 15) is 14.0 Å². The lowest BCUT2D eigenvalue weighted by Gasteiger charge is -2.39. The number of amides is 2. The minimum absolute atomic E-state index is 0.00756. The molecule has 158 valence electrons. The second-order valence-corrected chi connectivity index (χ2v) is 8.62. The van der Waals surface area contributed by atoms with Crippen molar-refractivity contribution < 1.29 is 18.7 Å². The molecule has 1 aromatic rings. The van der Waals surface area contributed by atoms with E-state index >= 15 is 0 Å². The Hall–Kier alpha value is -1.90. The van der Waals surface area contributed by atoms with Gasteiger partial charge in [-0.25, -0.2) is 9.40 Å². The van der Waals surface area contributed by atoms with E-state index in [2.05, 4.69) is 21.1 Å². The summed E-state index contributed by atoms with van der Waals surface area (Å²) in [6.07, 6.45) is 3.43. The van der Waals surface area contributed by atoms with Gasteiger partial charge in [0.15, 0.2) is 6.61 Å². The number of hydrogen-bond acceptors (Lipinski definition) is 5. The predicted octanol–water partition coefficient (Wildman–Crippen LogP) is 1.47. The van der Waals surface area contributed by atoms with Crippen molar-refractivity contribution in [3.63, 3.8) is 0 Å². The Labute approximate surface area is 174 Å². The number of hydrogen-bond donors (Lipinski definition) is 3. The third kappa shape index (κ3) is 4.65. The lowest BCUT2D eigenvalue weighted by molar-refractivity contribution is -0.126. The number of ether oxygens (including phenoxy) is 1. The maximum atomic E-state index is 13.4. The van der Waals surface area contributed by atoms with Crippen LogP contribution >= 0.6 is 11.6 Å². The molecule has 4 fully saturated rings. The van der Waals surface area contributed by atoms with Crippen molar-refractivity contribution in [3.05, 3.63) is 29.0 Å². The number of nitrogens with one attached hydrogen (secondary N) is 3. The molecule has 2 bridgehead atoms. The monoisotopic (exact) mass is 424 g/mol. The van der Waals surface area contributed by atoms with Crippen LogP contribution in [0.2, 0.25) is 5.02 Å². The Kier molecular flexibility index (Phi) is 5.94. The van der Waals surface area contributed by atoms with Gasteiger partial charge >= 0.3 is 0 Å². The van der Waals surface area contributed by atoms with Crippen LogP contribution in [0.5, 0.6) is 5.75 Å². The Balaban J connectivity index is 1.19. The molecule has 7 nitrogen and oxygen atoms in total. The topological polar surface area (TPSA) is 82.7 Å². The second kappa shape index (κ2) is 8.45. The average molecular weight is 425 g/mol. The zero-order valence-corrected chi connectivity index (χ0v) is 16.9. The predicted molar refractivity (Wildman–Crippen MR) is 106 cm³/mol. The van der Waals surface area contributed by atoms with E-state index < -0.39 is 5.82 Å². The molecule has 1 aliphatic heterocycles. The summed E-state index contributed by atoms with van der Waals surface area (Å²) in [4.78, 5) is 24.8. The standard InChI is InChI=1S/C20H26ClFN4O3/c21-16-3-2-14(8-17(16)22)29-12-18(27)25-20-9-13(10-20)15(11-20)19(28)23-5-7-26-6-1-4-24-26/h2-3,8,13,15,24H,1,4-7,9-12H2,(H,23,28)(H,25,27). The van der Waals surface area contributed by atoms with Crippen LogP contribution in [0.1, 0.15) is 25.7 Å². The number of halogens is 2. The quantitative estimate of drug-likeness (QED) is 0.588. The van der Waals surface area contributed by atoms with Gasteiger partial charge in [-0.3, -0.25) is 15.0 Å². The van der Waals surface area contributed by atoms with Gasteiger partial charge in [0, 0.05) is 43.7 Å². The van der Waals surface area contributed by atoms with Gasteiger partial charge in [0.1, 0.15) is 11.6 Å². The van der Waals surface area contributed by atoms with Crippen molar-refractivity contribution in [3.8, 4) is 5.75 Å². The van der Waals surface area contributed by atoms with Crippen LogP contribution in [-0.4, -0.2) is 55.1 Å². The number of carbonyl (C=O) groups excluding carboxylic acids is 2. The van der Waals surface area contributed by atoms with Crippen molar-refractivity contribution in [2.45, 2.75) is 31.2 Å². The average Bonchev–Trinajstić information content (AvgIpc) is 3.38. The second-order valence-electron chi connectivity index (χ2n) is 8.21. The lowest BCUT2D eigenvalue weighted by atomic mass is 9.76.